The molecule has 0 radical (unpaired) electrons. The Morgan fingerprint density at radius 2 is 1.66 bits per heavy atom. The van der Waals surface area contributed by atoms with Crippen LogP contribution in [0, 0.1) is 19.7 Å². The SMILES string of the molecule is CC[C@H](C(=O)N[C@@H](C)CC)N(Cc1ccc(F)cc1)C(=O)CN(c1cccc(C)c1C)S(C)(=O)=O. The summed E-state index contributed by atoms with van der Waals surface area (Å²) in [6.45, 7) is 8.87. The summed E-state index contributed by atoms with van der Waals surface area (Å²) in [4.78, 5) is 28.1. The molecule has 0 saturated carbocycles. The van der Waals surface area contributed by atoms with Gasteiger partial charge in [0.1, 0.15) is 18.4 Å². The first-order valence-corrected chi connectivity index (χ1v) is 13.6. The molecule has 2 amide bonds. The third-order valence-corrected chi connectivity index (χ3v) is 7.30. The van der Waals surface area contributed by atoms with Crippen LogP contribution in [0.4, 0.5) is 10.1 Å². The zero-order valence-corrected chi connectivity index (χ0v) is 22.2. The molecular weight excluding hydrogens is 469 g/mol. The van der Waals surface area contributed by atoms with Crippen molar-refractivity contribution in [1.82, 2.24) is 10.2 Å². The molecule has 2 atom stereocenters. The number of aryl methyl sites for hydroxylation is 1. The molecule has 1 N–H and O–H groups in total. The Labute approximate surface area is 208 Å². The number of hydrogen-bond donors (Lipinski definition) is 1. The summed E-state index contributed by atoms with van der Waals surface area (Å²) in [6.07, 6.45) is 2.11. The number of nitrogens with zero attached hydrogens (tertiary/aromatic N) is 2. The van der Waals surface area contributed by atoms with Crippen molar-refractivity contribution < 1.29 is 22.4 Å². The minimum atomic E-state index is -3.80. The van der Waals surface area contributed by atoms with E-state index >= 15 is 0 Å². The number of sulfonamides is 1. The number of halogens is 1. The molecule has 0 bridgehead atoms. The molecule has 0 aliphatic rings. The molecule has 2 rings (SSSR count). The first-order chi connectivity index (χ1) is 16.4. The summed E-state index contributed by atoms with van der Waals surface area (Å²) in [5.74, 6) is -1.24. The van der Waals surface area contributed by atoms with Crippen LogP contribution in [0.1, 0.15) is 50.3 Å². The van der Waals surface area contributed by atoms with E-state index in [4.69, 9.17) is 0 Å². The van der Waals surface area contributed by atoms with Crippen LogP contribution in [0.5, 0.6) is 0 Å². The number of amides is 2. The lowest BCUT2D eigenvalue weighted by Crippen LogP contribution is -2.53. The van der Waals surface area contributed by atoms with E-state index in [1.165, 1.54) is 17.0 Å². The average Bonchev–Trinajstić information content (AvgIpc) is 2.79. The van der Waals surface area contributed by atoms with Gasteiger partial charge >= 0.3 is 0 Å². The van der Waals surface area contributed by atoms with Crippen molar-refractivity contribution >= 4 is 27.5 Å². The lowest BCUT2D eigenvalue weighted by atomic mass is 10.1. The largest absolute Gasteiger partial charge is 0.352 e. The first-order valence-electron chi connectivity index (χ1n) is 11.8. The summed E-state index contributed by atoms with van der Waals surface area (Å²) in [5, 5.41) is 2.92. The van der Waals surface area contributed by atoms with E-state index in [0.717, 1.165) is 28.1 Å². The highest BCUT2D eigenvalue weighted by Crippen LogP contribution is 2.25. The predicted molar refractivity (Wildman–Crippen MR) is 137 cm³/mol. The third kappa shape index (κ3) is 7.52. The van der Waals surface area contributed by atoms with Crippen molar-refractivity contribution in [3.8, 4) is 0 Å². The van der Waals surface area contributed by atoms with Gasteiger partial charge in [-0.25, -0.2) is 12.8 Å². The highest BCUT2D eigenvalue weighted by atomic mass is 32.2. The number of benzene rings is 2. The summed E-state index contributed by atoms with van der Waals surface area (Å²) in [6, 6.07) is 10.0. The summed E-state index contributed by atoms with van der Waals surface area (Å²) in [5.41, 5.74) is 2.69. The van der Waals surface area contributed by atoms with Crippen LogP contribution >= 0.6 is 0 Å². The Kier molecular flexibility index (Phi) is 9.82. The molecule has 0 aliphatic heterocycles. The van der Waals surface area contributed by atoms with Crippen molar-refractivity contribution in [2.24, 2.45) is 0 Å². The van der Waals surface area contributed by atoms with Crippen LogP contribution < -0.4 is 9.62 Å². The average molecular weight is 506 g/mol. The Balaban J connectivity index is 2.47. The van der Waals surface area contributed by atoms with Crippen molar-refractivity contribution in [3.05, 3.63) is 65.0 Å². The van der Waals surface area contributed by atoms with Gasteiger partial charge in [-0.05, 0) is 68.5 Å². The maximum atomic E-state index is 13.7. The number of hydrogen-bond acceptors (Lipinski definition) is 4. The summed E-state index contributed by atoms with van der Waals surface area (Å²) in [7, 11) is -3.80. The molecule has 35 heavy (non-hydrogen) atoms. The highest BCUT2D eigenvalue weighted by Gasteiger charge is 2.32. The van der Waals surface area contributed by atoms with E-state index in [0.29, 0.717) is 17.7 Å². The second kappa shape index (κ2) is 12.2. The van der Waals surface area contributed by atoms with Crippen LogP contribution in [0.3, 0.4) is 0 Å². The van der Waals surface area contributed by atoms with Gasteiger partial charge in [0, 0.05) is 12.6 Å². The second-order valence-corrected chi connectivity index (χ2v) is 10.8. The van der Waals surface area contributed by atoms with Crippen molar-refractivity contribution in [2.75, 3.05) is 17.1 Å². The zero-order valence-electron chi connectivity index (χ0n) is 21.3. The Bertz CT molecular complexity index is 1140. The quantitative estimate of drug-likeness (QED) is 0.501. The molecule has 2 aromatic rings. The molecule has 0 spiro atoms. The molecule has 0 unspecified atom stereocenters. The van der Waals surface area contributed by atoms with E-state index in [1.807, 2.05) is 26.8 Å². The van der Waals surface area contributed by atoms with E-state index in [9.17, 15) is 22.4 Å². The fourth-order valence-corrected chi connectivity index (χ4v) is 4.65. The molecule has 9 heteroatoms. The van der Waals surface area contributed by atoms with Crippen LogP contribution in [0.25, 0.3) is 0 Å². The smallest absolute Gasteiger partial charge is 0.244 e. The molecular formula is C26H36FN3O4S. The maximum Gasteiger partial charge on any atom is 0.244 e. The molecule has 0 heterocycles. The van der Waals surface area contributed by atoms with Gasteiger partial charge in [-0.2, -0.15) is 0 Å². The first kappa shape index (κ1) is 28.3. The summed E-state index contributed by atoms with van der Waals surface area (Å²) < 4.78 is 40.0. The standard InChI is InChI=1S/C26H36FN3O4S/c1-7-19(4)28-26(32)23(8-2)29(16-21-12-14-22(27)15-13-21)25(31)17-30(35(6,33)34)24-11-9-10-18(3)20(24)5/h9-15,19,23H,7-8,16-17H2,1-6H3,(H,28,32)/t19-,23+/m0/s1. The minimum absolute atomic E-state index is 0.0376. The number of carbonyl (C=O) groups is 2. The molecule has 0 fully saturated rings. The molecule has 7 nitrogen and oxygen atoms in total. The van der Waals surface area contributed by atoms with Gasteiger partial charge in [0.05, 0.1) is 11.9 Å². The molecule has 2 aromatic carbocycles. The highest BCUT2D eigenvalue weighted by molar-refractivity contribution is 7.92. The topological polar surface area (TPSA) is 86.8 Å². The van der Waals surface area contributed by atoms with E-state index < -0.39 is 34.3 Å². The fourth-order valence-electron chi connectivity index (χ4n) is 3.75. The minimum Gasteiger partial charge on any atom is -0.352 e. The van der Waals surface area contributed by atoms with Gasteiger partial charge in [-0.15, -0.1) is 0 Å². The molecule has 192 valence electrons. The van der Waals surface area contributed by atoms with Crippen LogP contribution in [0.15, 0.2) is 42.5 Å². The Morgan fingerprint density at radius 1 is 1.03 bits per heavy atom. The molecule has 0 aromatic heterocycles. The molecule has 0 saturated heterocycles. The van der Waals surface area contributed by atoms with Crippen molar-refractivity contribution in [1.29, 1.82) is 0 Å². The van der Waals surface area contributed by atoms with Gasteiger partial charge in [-0.1, -0.05) is 38.1 Å². The van der Waals surface area contributed by atoms with E-state index in [2.05, 4.69) is 5.32 Å². The Morgan fingerprint density at radius 3 is 2.20 bits per heavy atom. The molecule has 0 aliphatic carbocycles. The van der Waals surface area contributed by atoms with Crippen molar-refractivity contribution in [2.45, 2.75) is 66.1 Å². The fraction of sp³-hybridized carbons (Fsp3) is 0.462. The lowest BCUT2D eigenvalue weighted by molar-refractivity contribution is -0.140. The van der Waals surface area contributed by atoms with Gasteiger partial charge in [0.25, 0.3) is 0 Å². The predicted octanol–water partition coefficient (Wildman–Crippen LogP) is 3.93. The summed E-state index contributed by atoms with van der Waals surface area (Å²) >= 11 is 0. The number of carbonyl (C=O) groups excluding carboxylic acids is 2. The number of rotatable bonds is 11. The van der Waals surface area contributed by atoms with Gasteiger partial charge < -0.3 is 10.2 Å². The van der Waals surface area contributed by atoms with Crippen molar-refractivity contribution in [3.63, 3.8) is 0 Å². The van der Waals surface area contributed by atoms with E-state index in [-0.39, 0.29) is 18.5 Å². The number of anilines is 1. The van der Waals surface area contributed by atoms with Gasteiger partial charge in [0.15, 0.2) is 0 Å². The van der Waals surface area contributed by atoms with E-state index in [1.54, 1.807) is 38.1 Å². The van der Waals surface area contributed by atoms with Crippen LogP contribution in [0.2, 0.25) is 0 Å². The maximum absolute atomic E-state index is 13.7. The van der Waals surface area contributed by atoms with Crippen LogP contribution in [-0.4, -0.2) is 50.0 Å². The van der Waals surface area contributed by atoms with Gasteiger partial charge in [-0.3, -0.25) is 13.9 Å². The normalized spacial score (nSPS) is 13.1. The van der Waals surface area contributed by atoms with Gasteiger partial charge in [0.2, 0.25) is 21.8 Å². The Hall–Kier alpha value is -2.94. The zero-order chi connectivity index (χ0) is 26.3. The monoisotopic (exact) mass is 505 g/mol. The second-order valence-electron chi connectivity index (χ2n) is 8.88. The number of nitrogens with one attached hydrogen (secondary N) is 1. The lowest BCUT2D eigenvalue weighted by Gasteiger charge is -2.33. The third-order valence-electron chi connectivity index (χ3n) is 6.18. The van der Waals surface area contributed by atoms with Crippen LogP contribution in [-0.2, 0) is 26.2 Å².